The molecule has 0 aliphatic rings. The van der Waals surface area contributed by atoms with Gasteiger partial charge in [0.25, 0.3) is 0 Å². The second-order valence-electron chi connectivity index (χ2n) is 9.18. The molecule has 1 N–H and O–H groups in total. The first-order chi connectivity index (χ1) is 16.1. The van der Waals surface area contributed by atoms with E-state index in [0.717, 1.165) is 22.4 Å². The highest BCUT2D eigenvalue weighted by atomic mass is 35.5. The molecule has 3 aromatic rings. The SMILES string of the molecule is COc1cccc(-c2ccc(CCN(C[C@H](O)c3cccc(Cl)c3)C(=O)OC(C)(C)C)cc2)c1. The van der Waals surface area contributed by atoms with Gasteiger partial charge in [-0.1, -0.05) is 60.1 Å². The van der Waals surface area contributed by atoms with Crippen LogP contribution < -0.4 is 4.74 Å². The number of hydrogen-bond donors (Lipinski definition) is 1. The van der Waals surface area contributed by atoms with Crippen LogP contribution in [-0.2, 0) is 11.2 Å². The van der Waals surface area contributed by atoms with E-state index in [0.29, 0.717) is 23.6 Å². The summed E-state index contributed by atoms with van der Waals surface area (Å²) in [5.74, 6) is 0.813. The lowest BCUT2D eigenvalue weighted by molar-refractivity contribution is 0.0147. The summed E-state index contributed by atoms with van der Waals surface area (Å²) in [6.45, 7) is 6.00. The van der Waals surface area contributed by atoms with Gasteiger partial charge in [0, 0.05) is 11.6 Å². The number of ether oxygens (including phenoxy) is 2. The Bertz CT molecular complexity index is 1090. The minimum atomic E-state index is -0.873. The van der Waals surface area contributed by atoms with Crippen molar-refractivity contribution in [2.75, 3.05) is 20.2 Å². The summed E-state index contributed by atoms with van der Waals surface area (Å²) in [5.41, 5.74) is 3.27. The summed E-state index contributed by atoms with van der Waals surface area (Å²) < 4.78 is 10.9. The Balaban J connectivity index is 1.70. The fourth-order valence-electron chi connectivity index (χ4n) is 3.54. The highest BCUT2D eigenvalue weighted by Gasteiger charge is 2.24. The Morgan fingerprint density at radius 3 is 2.35 bits per heavy atom. The van der Waals surface area contributed by atoms with Gasteiger partial charge in [0.05, 0.1) is 19.8 Å². The zero-order valence-corrected chi connectivity index (χ0v) is 20.9. The van der Waals surface area contributed by atoms with E-state index in [2.05, 4.69) is 24.3 Å². The van der Waals surface area contributed by atoms with Crippen LogP contribution in [0.15, 0.2) is 72.8 Å². The molecule has 5 nitrogen and oxygen atoms in total. The Labute approximate surface area is 206 Å². The smallest absolute Gasteiger partial charge is 0.410 e. The molecule has 0 aromatic heterocycles. The largest absolute Gasteiger partial charge is 0.497 e. The molecule has 0 spiro atoms. The van der Waals surface area contributed by atoms with Gasteiger partial charge in [-0.05, 0) is 73.7 Å². The first kappa shape index (κ1) is 25.6. The topological polar surface area (TPSA) is 59.0 Å². The zero-order chi connectivity index (χ0) is 24.7. The summed E-state index contributed by atoms with van der Waals surface area (Å²) in [6, 6.07) is 23.2. The van der Waals surface area contributed by atoms with Crippen LogP contribution in [0.2, 0.25) is 5.02 Å². The third-order valence-corrected chi connectivity index (χ3v) is 5.54. The van der Waals surface area contributed by atoms with E-state index in [1.54, 1.807) is 36.3 Å². The Morgan fingerprint density at radius 2 is 1.71 bits per heavy atom. The van der Waals surface area contributed by atoms with Gasteiger partial charge in [0.1, 0.15) is 11.4 Å². The van der Waals surface area contributed by atoms with Crippen LogP contribution in [0.4, 0.5) is 4.79 Å². The number of benzene rings is 3. The zero-order valence-electron chi connectivity index (χ0n) is 20.1. The number of halogens is 1. The predicted octanol–water partition coefficient (Wildman–Crippen LogP) is 6.53. The van der Waals surface area contributed by atoms with Gasteiger partial charge < -0.3 is 19.5 Å². The first-order valence-electron chi connectivity index (χ1n) is 11.3. The second-order valence-corrected chi connectivity index (χ2v) is 9.61. The minimum Gasteiger partial charge on any atom is -0.497 e. The van der Waals surface area contributed by atoms with E-state index in [4.69, 9.17) is 21.1 Å². The van der Waals surface area contributed by atoms with Crippen molar-refractivity contribution in [2.45, 2.75) is 38.9 Å². The average Bonchev–Trinajstić information content (AvgIpc) is 2.80. The number of aliphatic hydroxyl groups excluding tert-OH is 1. The van der Waals surface area contributed by atoms with Crippen molar-refractivity contribution in [2.24, 2.45) is 0 Å². The fraction of sp³-hybridized carbons (Fsp3) is 0.321. The monoisotopic (exact) mass is 481 g/mol. The van der Waals surface area contributed by atoms with Crippen LogP contribution in [0.25, 0.3) is 11.1 Å². The molecule has 34 heavy (non-hydrogen) atoms. The Hall–Kier alpha value is -3.02. The van der Waals surface area contributed by atoms with Crippen LogP contribution in [-0.4, -0.2) is 41.9 Å². The summed E-state index contributed by atoms with van der Waals surface area (Å²) in [5, 5.41) is 11.3. The predicted molar refractivity (Wildman–Crippen MR) is 136 cm³/mol. The van der Waals surface area contributed by atoms with Crippen molar-refractivity contribution in [3.05, 3.63) is 88.9 Å². The number of hydrogen-bond acceptors (Lipinski definition) is 4. The molecule has 180 valence electrons. The van der Waals surface area contributed by atoms with E-state index in [9.17, 15) is 9.90 Å². The Kier molecular flexibility index (Phi) is 8.59. The van der Waals surface area contributed by atoms with Crippen molar-refractivity contribution in [1.29, 1.82) is 0 Å². The van der Waals surface area contributed by atoms with Crippen molar-refractivity contribution in [3.8, 4) is 16.9 Å². The summed E-state index contributed by atoms with van der Waals surface area (Å²) >= 11 is 6.07. The summed E-state index contributed by atoms with van der Waals surface area (Å²) in [4.78, 5) is 14.4. The number of carbonyl (C=O) groups excluding carboxylic acids is 1. The van der Waals surface area contributed by atoms with Gasteiger partial charge in [-0.25, -0.2) is 4.79 Å². The molecule has 3 aromatic carbocycles. The highest BCUT2D eigenvalue weighted by molar-refractivity contribution is 6.30. The number of nitrogens with zero attached hydrogens (tertiary/aromatic N) is 1. The summed E-state index contributed by atoms with van der Waals surface area (Å²) in [7, 11) is 1.65. The number of carbonyl (C=O) groups is 1. The minimum absolute atomic E-state index is 0.108. The molecule has 0 aliphatic carbocycles. The maximum absolute atomic E-state index is 12.9. The maximum atomic E-state index is 12.9. The fourth-order valence-corrected chi connectivity index (χ4v) is 3.74. The number of rotatable bonds is 8. The third kappa shape index (κ3) is 7.51. The standard InChI is InChI=1S/C28H32ClNO4/c1-28(2,3)34-27(32)30(19-26(31)23-8-5-9-24(29)17-23)16-15-20-11-13-21(14-12-20)22-7-6-10-25(18-22)33-4/h5-14,17-18,26,31H,15-16,19H2,1-4H3/t26-/m0/s1. The van der Waals surface area contributed by atoms with E-state index in [1.165, 1.54) is 0 Å². The molecule has 0 aliphatic heterocycles. The van der Waals surface area contributed by atoms with Crippen molar-refractivity contribution >= 4 is 17.7 Å². The lowest BCUT2D eigenvalue weighted by Crippen LogP contribution is -2.40. The number of aliphatic hydroxyl groups is 1. The van der Waals surface area contributed by atoms with Crippen LogP contribution >= 0.6 is 11.6 Å². The lowest BCUT2D eigenvalue weighted by Gasteiger charge is -2.29. The van der Waals surface area contributed by atoms with Crippen molar-refractivity contribution in [3.63, 3.8) is 0 Å². The molecular weight excluding hydrogens is 450 g/mol. The molecule has 0 unspecified atom stereocenters. The van der Waals surface area contributed by atoms with Gasteiger partial charge in [0.2, 0.25) is 0 Å². The third-order valence-electron chi connectivity index (χ3n) is 5.31. The molecular formula is C28H32ClNO4. The molecule has 6 heteroatoms. The van der Waals surface area contributed by atoms with E-state index >= 15 is 0 Å². The van der Waals surface area contributed by atoms with Gasteiger partial charge in [0.15, 0.2) is 0 Å². The van der Waals surface area contributed by atoms with Crippen LogP contribution in [0.5, 0.6) is 5.75 Å². The van der Waals surface area contributed by atoms with Crippen LogP contribution in [0.1, 0.15) is 38.0 Å². The Morgan fingerprint density at radius 1 is 1.00 bits per heavy atom. The summed E-state index contributed by atoms with van der Waals surface area (Å²) in [6.07, 6.45) is -0.705. The molecule has 1 amide bonds. The van der Waals surface area contributed by atoms with Crippen molar-refractivity contribution < 1.29 is 19.4 Å². The molecule has 0 heterocycles. The van der Waals surface area contributed by atoms with Crippen LogP contribution in [0.3, 0.4) is 0 Å². The molecule has 0 saturated heterocycles. The van der Waals surface area contributed by atoms with E-state index < -0.39 is 17.8 Å². The number of amides is 1. The maximum Gasteiger partial charge on any atom is 0.410 e. The number of methoxy groups -OCH3 is 1. The molecule has 0 bridgehead atoms. The molecule has 1 atom stereocenters. The van der Waals surface area contributed by atoms with E-state index in [-0.39, 0.29) is 6.54 Å². The van der Waals surface area contributed by atoms with Gasteiger partial charge >= 0.3 is 6.09 Å². The van der Waals surface area contributed by atoms with Gasteiger partial charge in [-0.15, -0.1) is 0 Å². The quantitative estimate of drug-likeness (QED) is 0.397. The molecule has 3 rings (SSSR count). The lowest BCUT2D eigenvalue weighted by atomic mass is 10.0. The first-order valence-corrected chi connectivity index (χ1v) is 11.7. The van der Waals surface area contributed by atoms with Gasteiger partial charge in [-0.2, -0.15) is 0 Å². The van der Waals surface area contributed by atoms with Crippen molar-refractivity contribution in [1.82, 2.24) is 4.90 Å². The van der Waals surface area contributed by atoms with Crippen LogP contribution in [0, 0.1) is 0 Å². The van der Waals surface area contributed by atoms with E-state index in [1.807, 2.05) is 45.0 Å². The molecule has 0 saturated carbocycles. The van der Waals surface area contributed by atoms with Gasteiger partial charge in [-0.3, -0.25) is 0 Å². The average molecular weight is 482 g/mol. The normalized spacial score (nSPS) is 12.2. The highest BCUT2D eigenvalue weighted by Crippen LogP contribution is 2.25. The molecule has 0 fully saturated rings. The second kappa shape index (κ2) is 11.4. The molecule has 0 radical (unpaired) electrons.